The molecular weight excluding hydrogens is 404 g/mol. The second-order valence-corrected chi connectivity index (χ2v) is 9.94. The van der Waals surface area contributed by atoms with Crippen molar-refractivity contribution in [3.8, 4) is 0 Å². The molecule has 0 bridgehead atoms. The predicted molar refractivity (Wildman–Crippen MR) is 126 cm³/mol. The minimum Gasteiger partial charge on any atom is -0.355 e. The zero-order valence-electron chi connectivity index (χ0n) is 18.1. The highest BCUT2D eigenvalue weighted by molar-refractivity contribution is 8.00. The molecule has 2 aliphatic rings. The third-order valence-electron chi connectivity index (χ3n) is 6.63. The van der Waals surface area contributed by atoms with Crippen LogP contribution in [0.2, 0.25) is 0 Å². The smallest absolute Gasteiger partial charge is 0.252 e. The molecule has 0 atom stereocenters. The first-order chi connectivity index (χ1) is 15.2. The molecule has 0 saturated heterocycles. The molecule has 2 aliphatic carbocycles. The second-order valence-electron chi connectivity index (χ2n) is 8.92. The molecule has 0 aliphatic heterocycles. The van der Waals surface area contributed by atoms with Crippen LogP contribution in [-0.4, -0.2) is 30.7 Å². The highest BCUT2D eigenvalue weighted by Crippen LogP contribution is 2.47. The third kappa shape index (κ3) is 5.91. The monoisotopic (exact) mass is 436 g/mol. The zero-order chi connectivity index (χ0) is 21.5. The Kier molecular flexibility index (Phi) is 7.33. The van der Waals surface area contributed by atoms with Gasteiger partial charge in [-0.05, 0) is 49.3 Å². The number of thioether (sulfide) groups is 1. The summed E-state index contributed by atoms with van der Waals surface area (Å²) in [6.07, 6.45) is 8.55. The van der Waals surface area contributed by atoms with Crippen molar-refractivity contribution < 1.29 is 9.59 Å². The van der Waals surface area contributed by atoms with E-state index in [9.17, 15) is 9.59 Å². The van der Waals surface area contributed by atoms with E-state index in [2.05, 4.69) is 34.9 Å². The van der Waals surface area contributed by atoms with Gasteiger partial charge in [-0.25, -0.2) is 0 Å². The van der Waals surface area contributed by atoms with E-state index in [0.717, 1.165) is 24.3 Å². The fourth-order valence-corrected chi connectivity index (χ4v) is 5.36. The van der Waals surface area contributed by atoms with Gasteiger partial charge in [-0.15, -0.1) is 11.8 Å². The van der Waals surface area contributed by atoms with Crippen LogP contribution in [0.15, 0.2) is 59.5 Å². The number of nitrogens with one attached hydrogen (secondary N) is 2. The van der Waals surface area contributed by atoms with E-state index in [1.54, 1.807) is 0 Å². The zero-order valence-corrected chi connectivity index (χ0v) is 18.9. The molecule has 0 unspecified atom stereocenters. The van der Waals surface area contributed by atoms with E-state index in [0.29, 0.717) is 23.8 Å². The van der Waals surface area contributed by atoms with Crippen molar-refractivity contribution in [3.63, 3.8) is 0 Å². The number of carbonyl (C=O) groups is 2. The maximum absolute atomic E-state index is 12.9. The minimum atomic E-state index is -0.0621. The Morgan fingerprint density at radius 3 is 2.35 bits per heavy atom. The van der Waals surface area contributed by atoms with Gasteiger partial charge in [0.2, 0.25) is 5.91 Å². The minimum absolute atomic E-state index is 0.0480. The van der Waals surface area contributed by atoms with Gasteiger partial charge in [-0.3, -0.25) is 9.59 Å². The summed E-state index contributed by atoms with van der Waals surface area (Å²) in [5.41, 5.74) is 2.03. The van der Waals surface area contributed by atoms with Gasteiger partial charge < -0.3 is 10.6 Å². The highest BCUT2D eigenvalue weighted by Gasteiger charge is 2.44. The molecule has 2 fully saturated rings. The normalized spacial score (nSPS) is 17.7. The van der Waals surface area contributed by atoms with Crippen molar-refractivity contribution in [3.05, 3.63) is 65.7 Å². The lowest BCUT2D eigenvalue weighted by Crippen LogP contribution is -2.33. The maximum atomic E-state index is 12.9. The summed E-state index contributed by atoms with van der Waals surface area (Å²) in [4.78, 5) is 26.1. The lowest BCUT2D eigenvalue weighted by atomic mass is 9.89. The Labute approximate surface area is 189 Å². The summed E-state index contributed by atoms with van der Waals surface area (Å²) < 4.78 is 0. The first-order valence-corrected chi connectivity index (χ1v) is 12.5. The van der Waals surface area contributed by atoms with E-state index < -0.39 is 0 Å². The fraction of sp³-hybridized carbons (Fsp3) is 0.462. The summed E-state index contributed by atoms with van der Waals surface area (Å²) in [6, 6.07) is 18.0. The van der Waals surface area contributed by atoms with Crippen LogP contribution in [0, 0.1) is 5.92 Å². The SMILES string of the molecule is O=C(CSc1ccccc1C(=O)NCC1(c2ccccc2)CC1)NCC1CCCCC1. The number of carbonyl (C=O) groups excluding carboxylic acids is 2. The van der Waals surface area contributed by atoms with Crippen LogP contribution in [-0.2, 0) is 10.2 Å². The molecule has 5 heteroatoms. The van der Waals surface area contributed by atoms with Crippen LogP contribution in [0.5, 0.6) is 0 Å². The molecule has 4 rings (SSSR count). The van der Waals surface area contributed by atoms with Crippen LogP contribution in [0.25, 0.3) is 0 Å². The van der Waals surface area contributed by atoms with Gasteiger partial charge >= 0.3 is 0 Å². The number of hydrogen-bond acceptors (Lipinski definition) is 3. The molecule has 0 heterocycles. The average molecular weight is 437 g/mol. The summed E-state index contributed by atoms with van der Waals surface area (Å²) >= 11 is 1.44. The standard InChI is InChI=1S/C26H32N2O2S/c29-24(27-17-20-9-3-1-4-10-20)18-31-23-14-8-7-13-22(23)25(30)28-19-26(15-16-26)21-11-5-2-6-12-21/h2,5-8,11-14,20H,1,3-4,9-10,15-19H2,(H,27,29)(H,28,30). The molecule has 2 aromatic rings. The van der Waals surface area contributed by atoms with E-state index in [1.165, 1.54) is 49.4 Å². The lowest BCUT2D eigenvalue weighted by molar-refractivity contribution is -0.118. The summed E-state index contributed by atoms with van der Waals surface area (Å²) in [7, 11) is 0. The Hall–Kier alpha value is -2.27. The topological polar surface area (TPSA) is 58.2 Å². The Morgan fingerprint density at radius 1 is 0.903 bits per heavy atom. The summed E-state index contributed by atoms with van der Waals surface area (Å²) in [6.45, 7) is 1.43. The molecule has 164 valence electrons. The summed E-state index contributed by atoms with van der Waals surface area (Å²) in [5.74, 6) is 0.949. The van der Waals surface area contributed by atoms with Crippen LogP contribution in [0.1, 0.15) is 60.9 Å². The first-order valence-electron chi connectivity index (χ1n) is 11.5. The largest absolute Gasteiger partial charge is 0.355 e. The molecule has 2 aromatic carbocycles. The fourth-order valence-electron chi connectivity index (χ4n) is 4.48. The van der Waals surface area contributed by atoms with Crippen molar-refractivity contribution in [2.45, 2.75) is 55.3 Å². The molecular formula is C26H32N2O2S. The van der Waals surface area contributed by atoms with Gasteiger partial charge in [0.05, 0.1) is 11.3 Å². The lowest BCUT2D eigenvalue weighted by Gasteiger charge is -2.21. The predicted octanol–water partition coefficient (Wildman–Crippen LogP) is 4.94. The van der Waals surface area contributed by atoms with Gasteiger partial charge in [0.1, 0.15) is 0 Å². The number of rotatable bonds is 9. The highest BCUT2D eigenvalue weighted by atomic mass is 32.2. The van der Waals surface area contributed by atoms with Crippen molar-refractivity contribution in [1.82, 2.24) is 10.6 Å². The molecule has 0 spiro atoms. The first kappa shape index (κ1) is 21.9. The van der Waals surface area contributed by atoms with Crippen molar-refractivity contribution in [1.29, 1.82) is 0 Å². The van der Waals surface area contributed by atoms with E-state index in [1.807, 2.05) is 30.3 Å². The van der Waals surface area contributed by atoms with Gasteiger partial charge in [0, 0.05) is 23.4 Å². The average Bonchev–Trinajstić information content (AvgIpc) is 3.62. The Bertz CT molecular complexity index is 889. The molecule has 0 radical (unpaired) electrons. The van der Waals surface area contributed by atoms with E-state index >= 15 is 0 Å². The van der Waals surface area contributed by atoms with Gasteiger partial charge in [0.15, 0.2) is 0 Å². The quantitative estimate of drug-likeness (QED) is 0.548. The maximum Gasteiger partial charge on any atom is 0.252 e. The third-order valence-corrected chi connectivity index (χ3v) is 7.70. The number of hydrogen-bond donors (Lipinski definition) is 2. The van der Waals surface area contributed by atoms with E-state index in [4.69, 9.17) is 0 Å². The van der Waals surface area contributed by atoms with Gasteiger partial charge in [-0.1, -0.05) is 61.7 Å². The Morgan fingerprint density at radius 2 is 1.61 bits per heavy atom. The van der Waals surface area contributed by atoms with Crippen LogP contribution in [0.4, 0.5) is 0 Å². The van der Waals surface area contributed by atoms with Crippen molar-refractivity contribution in [2.75, 3.05) is 18.8 Å². The molecule has 0 aromatic heterocycles. The van der Waals surface area contributed by atoms with Crippen molar-refractivity contribution in [2.24, 2.45) is 5.92 Å². The summed E-state index contributed by atoms with van der Waals surface area (Å²) in [5, 5.41) is 6.23. The number of benzene rings is 2. The second kappa shape index (κ2) is 10.4. The van der Waals surface area contributed by atoms with Crippen molar-refractivity contribution >= 4 is 23.6 Å². The molecule has 4 nitrogen and oxygen atoms in total. The molecule has 31 heavy (non-hydrogen) atoms. The number of amides is 2. The molecule has 2 N–H and O–H groups in total. The van der Waals surface area contributed by atoms with Crippen LogP contribution >= 0.6 is 11.8 Å². The molecule has 2 saturated carbocycles. The van der Waals surface area contributed by atoms with Crippen LogP contribution < -0.4 is 10.6 Å². The van der Waals surface area contributed by atoms with Crippen LogP contribution in [0.3, 0.4) is 0 Å². The van der Waals surface area contributed by atoms with E-state index in [-0.39, 0.29) is 17.2 Å². The molecule has 2 amide bonds. The Balaban J connectivity index is 1.28. The van der Waals surface area contributed by atoms with Gasteiger partial charge in [-0.2, -0.15) is 0 Å². The van der Waals surface area contributed by atoms with Gasteiger partial charge in [0.25, 0.3) is 5.91 Å².